The average Bonchev–Trinajstić information content (AvgIpc) is 3.47. The van der Waals surface area contributed by atoms with Crippen molar-refractivity contribution in [2.24, 2.45) is 0 Å². The van der Waals surface area contributed by atoms with Gasteiger partial charge in [0, 0.05) is 12.2 Å². The fourth-order valence-corrected chi connectivity index (χ4v) is 3.65. The molecule has 0 bridgehead atoms. The minimum atomic E-state index is -0.0852. The minimum Gasteiger partial charge on any atom is -0.497 e. The number of nitrogens with zero attached hydrogens (tertiary/aromatic N) is 3. The Morgan fingerprint density at radius 1 is 1.07 bits per heavy atom. The second kappa shape index (κ2) is 9.32. The molecule has 2 aromatic carbocycles. The maximum Gasteiger partial charge on any atom is 0.230 e. The molecule has 30 heavy (non-hydrogen) atoms. The van der Waals surface area contributed by atoms with Crippen LogP contribution in [0.15, 0.2) is 82.6 Å². The van der Waals surface area contributed by atoms with E-state index in [2.05, 4.69) is 15.5 Å². The van der Waals surface area contributed by atoms with Crippen molar-refractivity contribution in [1.29, 1.82) is 0 Å². The fraction of sp³-hybridized carbons (Fsp3) is 0.136. The number of para-hydroxylation sites is 1. The van der Waals surface area contributed by atoms with Gasteiger partial charge in [-0.2, -0.15) is 0 Å². The summed E-state index contributed by atoms with van der Waals surface area (Å²) in [5, 5.41) is 12.1. The molecule has 0 spiro atoms. The summed E-state index contributed by atoms with van der Waals surface area (Å²) in [5.74, 6) is 2.12. The first-order chi connectivity index (χ1) is 14.7. The molecule has 0 aliphatic carbocycles. The van der Waals surface area contributed by atoms with E-state index in [1.165, 1.54) is 11.8 Å². The smallest absolute Gasteiger partial charge is 0.230 e. The van der Waals surface area contributed by atoms with E-state index in [9.17, 15) is 4.79 Å². The molecule has 8 heteroatoms. The Morgan fingerprint density at radius 3 is 2.57 bits per heavy atom. The van der Waals surface area contributed by atoms with E-state index >= 15 is 0 Å². The summed E-state index contributed by atoms with van der Waals surface area (Å²) in [6, 6.07) is 21.0. The number of thioether (sulfide) groups is 1. The molecule has 1 N–H and O–H groups in total. The zero-order valence-electron chi connectivity index (χ0n) is 16.3. The summed E-state index contributed by atoms with van der Waals surface area (Å²) in [5.41, 5.74) is 1.90. The van der Waals surface area contributed by atoms with Gasteiger partial charge in [-0.3, -0.25) is 9.36 Å². The van der Waals surface area contributed by atoms with E-state index in [0.717, 1.165) is 17.0 Å². The third-order valence-corrected chi connectivity index (χ3v) is 5.30. The highest BCUT2D eigenvalue weighted by molar-refractivity contribution is 7.99. The topological polar surface area (TPSA) is 82.2 Å². The Balaban J connectivity index is 1.44. The van der Waals surface area contributed by atoms with Gasteiger partial charge < -0.3 is 14.5 Å². The summed E-state index contributed by atoms with van der Waals surface area (Å²) in [4.78, 5) is 12.4. The van der Waals surface area contributed by atoms with Crippen LogP contribution in [-0.2, 0) is 11.3 Å². The van der Waals surface area contributed by atoms with Gasteiger partial charge in [-0.1, -0.05) is 42.1 Å². The Morgan fingerprint density at radius 2 is 1.87 bits per heavy atom. The lowest BCUT2D eigenvalue weighted by molar-refractivity contribution is -0.118. The molecule has 2 heterocycles. The van der Waals surface area contributed by atoms with Gasteiger partial charge in [0.2, 0.25) is 11.7 Å². The van der Waals surface area contributed by atoms with Crippen molar-refractivity contribution in [2.75, 3.05) is 12.9 Å². The van der Waals surface area contributed by atoms with Gasteiger partial charge in [-0.15, -0.1) is 10.2 Å². The lowest BCUT2D eigenvalue weighted by atomic mass is 10.2. The zero-order valence-corrected chi connectivity index (χ0v) is 17.1. The van der Waals surface area contributed by atoms with Gasteiger partial charge >= 0.3 is 0 Å². The molecule has 0 radical (unpaired) electrons. The predicted molar refractivity (Wildman–Crippen MR) is 115 cm³/mol. The fourth-order valence-electron chi connectivity index (χ4n) is 2.86. The Bertz CT molecular complexity index is 1090. The number of amides is 1. The van der Waals surface area contributed by atoms with Crippen LogP contribution in [0.5, 0.6) is 5.75 Å². The summed E-state index contributed by atoms with van der Waals surface area (Å²) in [6.45, 7) is 0.451. The van der Waals surface area contributed by atoms with Crippen molar-refractivity contribution in [1.82, 2.24) is 20.1 Å². The number of hydrogen-bond acceptors (Lipinski definition) is 6. The third-order valence-electron chi connectivity index (χ3n) is 4.37. The van der Waals surface area contributed by atoms with Crippen molar-refractivity contribution in [3.8, 4) is 23.0 Å². The van der Waals surface area contributed by atoms with Crippen LogP contribution in [0.25, 0.3) is 17.3 Å². The van der Waals surface area contributed by atoms with Crippen LogP contribution >= 0.6 is 11.8 Å². The first kappa shape index (κ1) is 19.8. The second-order valence-electron chi connectivity index (χ2n) is 6.37. The molecule has 0 saturated heterocycles. The number of carbonyl (C=O) groups is 1. The van der Waals surface area contributed by atoms with Crippen molar-refractivity contribution in [3.63, 3.8) is 0 Å². The van der Waals surface area contributed by atoms with Crippen molar-refractivity contribution < 1.29 is 13.9 Å². The van der Waals surface area contributed by atoms with Gasteiger partial charge in [0.1, 0.15) is 5.75 Å². The maximum atomic E-state index is 12.4. The molecule has 2 aromatic heterocycles. The van der Waals surface area contributed by atoms with Crippen LogP contribution in [0.4, 0.5) is 0 Å². The molecule has 0 aliphatic rings. The molecule has 0 saturated carbocycles. The largest absolute Gasteiger partial charge is 0.497 e. The van der Waals surface area contributed by atoms with E-state index in [1.54, 1.807) is 19.4 Å². The number of carbonyl (C=O) groups excluding carboxylic acids is 1. The van der Waals surface area contributed by atoms with Gasteiger partial charge in [-0.05, 0) is 42.0 Å². The molecule has 7 nitrogen and oxygen atoms in total. The Labute approximate surface area is 178 Å². The maximum absolute atomic E-state index is 12.4. The van der Waals surface area contributed by atoms with Gasteiger partial charge in [0.25, 0.3) is 0 Å². The molecule has 0 fully saturated rings. The predicted octanol–water partition coefficient (Wildman–Crippen LogP) is 3.94. The van der Waals surface area contributed by atoms with Crippen molar-refractivity contribution in [2.45, 2.75) is 11.7 Å². The second-order valence-corrected chi connectivity index (χ2v) is 7.31. The lowest BCUT2D eigenvalue weighted by Gasteiger charge is -2.09. The van der Waals surface area contributed by atoms with E-state index in [4.69, 9.17) is 9.15 Å². The number of rotatable bonds is 8. The molecule has 4 rings (SSSR count). The average molecular weight is 420 g/mol. The summed E-state index contributed by atoms with van der Waals surface area (Å²) in [7, 11) is 1.62. The van der Waals surface area contributed by atoms with Gasteiger partial charge in [0.15, 0.2) is 10.9 Å². The Hall–Kier alpha value is -3.52. The Kier molecular flexibility index (Phi) is 6.14. The number of methoxy groups -OCH3 is 1. The highest BCUT2D eigenvalue weighted by Crippen LogP contribution is 2.28. The molecule has 0 aliphatic heterocycles. The number of benzene rings is 2. The van der Waals surface area contributed by atoms with Crippen LogP contribution in [0.2, 0.25) is 0 Å². The monoisotopic (exact) mass is 420 g/mol. The van der Waals surface area contributed by atoms with E-state index < -0.39 is 0 Å². The van der Waals surface area contributed by atoms with Crippen LogP contribution in [0.1, 0.15) is 5.56 Å². The molecule has 4 aromatic rings. The standard InChI is InChI=1S/C22H20N4O3S/c1-28-18-11-9-16(10-12-18)14-23-20(27)15-30-22-25-24-21(19-8-5-13-29-19)26(22)17-6-3-2-4-7-17/h2-13H,14-15H2,1H3,(H,23,27). The highest BCUT2D eigenvalue weighted by Gasteiger charge is 2.18. The highest BCUT2D eigenvalue weighted by atomic mass is 32.2. The van der Waals surface area contributed by atoms with Gasteiger partial charge in [0.05, 0.1) is 19.1 Å². The molecular weight excluding hydrogens is 400 g/mol. The van der Waals surface area contributed by atoms with Crippen LogP contribution in [-0.4, -0.2) is 33.5 Å². The number of hydrogen-bond donors (Lipinski definition) is 1. The quantitative estimate of drug-likeness (QED) is 0.435. The van der Waals surface area contributed by atoms with Crippen molar-refractivity contribution in [3.05, 3.63) is 78.6 Å². The molecule has 1 amide bonds. The van der Waals surface area contributed by atoms with E-state index in [-0.39, 0.29) is 11.7 Å². The molecule has 0 unspecified atom stereocenters. The summed E-state index contributed by atoms with van der Waals surface area (Å²) < 4.78 is 12.5. The number of aromatic nitrogens is 3. The van der Waals surface area contributed by atoms with Crippen molar-refractivity contribution >= 4 is 17.7 Å². The first-order valence-corrected chi connectivity index (χ1v) is 10.3. The normalized spacial score (nSPS) is 10.7. The molecule has 0 atom stereocenters. The van der Waals surface area contributed by atoms with Crippen LogP contribution < -0.4 is 10.1 Å². The number of furan rings is 1. The van der Waals surface area contributed by atoms with Crippen LogP contribution in [0, 0.1) is 0 Å². The number of nitrogens with one attached hydrogen (secondary N) is 1. The van der Waals surface area contributed by atoms with Crippen LogP contribution in [0.3, 0.4) is 0 Å². The molecule has 152 valence electrons. The lowest BCUT2D eigenvalue weighted by Crippen LogP contribution is -2.24. The SMILES string of the molecule is COc1ccc(CNC(=O)CSc2nnc(-c3ccco3)n2-c2ccccc2)cc1. The third kappa shape index (κ3) is 4.55. The van der Waals surface area contributed by atoms with E-state index in [0.29, 0.717) is 23.3 Å². The van der Waals surface area contributed by atoms with Gasteiger partial charge in [-0.25, -0.2) is 0 Å². The summed E-state index contributed by atoms with van der Waals surface area (Å²) >= 11 is 1.32. The zero-order chi connectivity index (χ0) is 20.8. The van der Waals surface area contributed by atoms with E-state index in [1.807, 2.05) is 65.2 Å². The first-order valence-electron chi connectivity index (χ1n) is 9.32. The minimum absolute atomic E-state index is 0.0852. The number of ether oxygens (including phenoxy) is 1. The summed E-state index contributed by atoms with van der Waals surface area (Å²) in [6.07, 6.45) is 1.60. The molecular formula is C22H20N4O3S.